The van der Waals surface area contributed by atoms with E-state index in [1.807, 2.05) is 51.2 Å². The number of Topliss-reactive ketones (excluding diaryl/α,β-unsaturated/α-hetero) is 4. The normalized spacial score (nSPS) is 38.1. The Balaban J connectivity index is 1.70. The summed E-state index contributed by atoms with van der Waals surface area (Å²) in [6.07, 6.45) is 12.7. The molecule has 382 valence electrons. The van der Waals surface area contributed by atoms with Gasteiger partial charge in [0.1, 0.15) is 17.9 Å². The van der Waals surface area contributed by atoms with Crippen molar-refractivity contribution >= 4 is 35.0 Å². The first kappa shape index (κ1) is 56.9. The third-order valence-corrected chi connectivity index (χ3v) is 14.7. The highest BCUT2D eigenvalue weighted by molar-refractivity contribution is 6.39. The molecule has 2 N–H and O–H groups in total. The van der Waals surface area contributed by atoms with Crippen molar-refractivity contribution in [2.75, 3.05) is 41.1 Å². The summed E-state index contributed by atoms with van der Waals surface area (Å²) < 4.78 is 35.4. The molecule has 1 amide bonds. The number of allylic oxidation sites excluding steroid dienone is 6. The molecule has 0 radical (unpaired) electrons. The minimum absolute atomic E-state index is 0.0139. The fraction of sp³-hybridized carbons (Fsp3) is 0.736. The van der Waals surface area contributed by atoms with Gasteiger partial charge in [0.05, 0.1) is 37.6 Å². The van der Waals surface area contributed by atoms with Gasteiger partial charge >= 0.3 is 5.97 Å². The maximum Gasteiger partial charge on any atom is 0.329 e. The Morgan fingerprint density at radius 2 is 1.59 bits per heavy atom. The Kier molecular flexibility index (Phi) is 22.6. The van der Waals surface area contributed by atoms with Crippen molar-refractivity contribution in [2.24, 2.45) is 35.5 Å². The molecule has 2 bridgehead atoms. The number of ketones is 4. The summed E-state index contributed by atoms with van der Waals surface area (Å²) in [6.45, 7) is 12.6. The highest BCUT2D eigenvalue weighted by Gasteiger charge is 2.53. The van der Waals surface area contributed by atoms with E-state index in [0.717, 1.165) is 12.0 Å². The van der Waals surface area contributed by atoms with E-state index < -0.39 is 77.4 Å². The number of hydrogen-bond acceptors (Lipinski definition) is 14. The number of aliphatic hydroxyl groups excluding tert-OH is 1. The van der Waals surface area contributed by atoms with E-state index in [1.54, 1.807) is 41.9 Å². The lowest BCUT2D eigenvalue weighted by Gasteiger charge is -2.42. The predicted molar refractivity (Wildman–Crippen MR) is 255 cm³/mol. The molecule has 1 saturated carbocycles. The number of ether oxygens (including phenoxy) is 6. The van der Waals surface area contributed by atoms with Gasteiger partial charge in [-0.1, -0.05) is 71.1 Å². The van der Waals surface area contributed by atoms with Crippen LogP contribution in [0, 0.1) is 35.5 Å². The highest BCUT2D eigenvalue weighted by atomic mass is 16.6. The van der Waals surface area contributed by atoms with Gasteiger partial charge < -0.3 is 43.5 Å². The van der Waals surface area contributed by atoms with Crippen molar-refractivity contribution in [3.63, 3.8) is 0 Å². The summed E-state index contributed by atoms with van der Waals surface area (Å²) in [6, 6.07) is -1.16. The molecule has 3 heterocycles. The molecular formula is C53H81NO14. The number of carbonyl (C=O) groups is 6. The number of carbonyl (C=O) groups excluding carboxylic acids is 6. The van der Waals surface area contributed by atoms with Gasteiger partial charge in [-0.2, -0.15) is 0 Å². The van der Waals surface area contributed by atoms with Crippen LogP contribution in [-0.2, 0) is 57.2 Å². The summed E-state index contributed by atoms with van der Waals surface area (Å²) in [4.78, 5) is 85.8. The number of aliphatic hydroxyl groups is 2. The Morgan fingerprint density at radius 1 is 0.853 bits per heavy atom. The minimum Gasteiger partial charge on any atom is -0.460 e. The Hall–Kier alpha value is -3.70. The molecule has 4 rings (SSSR count). The predicted octanol–water partition coefficient (Wildman–Crippen LogP) is 6.41. The van der Waals surface area contributed by atoms with Crippen LogP contribution in [0.15, 0.2) is 47.6 Å². The third kappa shape index (κ3) is 15.2. The molecule has 3 unspecified atom stereocenters. The molecule has 3 fully saturated rings. The summed E-state index contributed by atoms with van der Waals surface area (Å²) in [7, 11) is 4.51. The molecule has 0 aromatic rings. The Morgan fingerprint density at radius 3 is 2.26 bits per heavy atom. The lowest BCUT2D eigenvalue weighted by atomic mass is 9.78. The van der Waals surface area contributed by atoms with Crippen LogP contribution in [0.1, 0.15) is 126 Å². The van der Waals surface area contributed by atoms with Crippen LogP contribution >= 0.6 is 0 Å². The number of amides is 1. The number of hydrogen-bond donors (Lipinski definition) is 2. The molecule has 1 aliphatic carbocycles. The molecule has 2 saturated heterocycles. The first-order valence-electron chi connectivity index (χ1n) is 24.9. The van der Waals surface area contributed by atoms with Gasteiger partial charge in [0, 0.05) is 58.5 Å². The van der Waals surface area contributed by atoms with E-state index in [-0.39, 0.29) is 79.7 Å². The molecule has 0 aromatic heterocycles. The molecule has 3 aliphatic heterocycles. The molecule has 14 atom stereocenters. The zero-order valence-corrected chi connectivity index (χ0v) is 42.3. The lowest BCUT2D eigenvalue weighted by molar-refractivity contribution is -0.265. The van der Waals surface area contributed by atoms with Crippen molar-refractivity contribution < 1.29 is 67.4 Å². The number of rotatable bonds is 9. The molecule has 0 aromatic carbocycles. The molecule has 15 nitrogen and oxygen atoms in total. The van der Waals surface area contributed by atoms with E-state index in [0.29, 0.717) is 57.8 Å². The maximum atomic E-state index is 14.4. The number of fused-ring (bicyclic) bond motifs is 3. The summed E-state index contributed by atoms with van der Waals surface area (Å²) in [5.74, 6) is -8.86. The third-order valence-electron chi connectivity index (χ3n) is 14.7. The van der Waals surface area contributed by atoms with Crippen LogP contribution in [0.25, 0.3) is 0 Å². The molecule has 15 heteroatoms. The van der Waals surface area contributed by atoms with Crippen molar-refractivity contribution in [1.82, 2.24) is 4.90 Å². The second-order valence-corrected chi connectivity index (χ2v) is 20.0. The zero-order valence-electron chi connectivity index (χ0n) is 42.3. The van der Waals surface area contributed by atoms with Crippen LogP contribution in [-0.4, -0.2) is 140 Å². The van der Waals surface area contributed by atoms with E-state index in [4.69, 9.17) is 28.4 Å². The SMILES string of the molecule is CO[C@@H]1C(=O)/C(C)=C/[C@@H](C)C(=O)CC(C(C)C[C@H]2CC[C@@H](OCCO)[C@H](OC)C2)OC(=O)[C@@H]2CCCCN2C(=O)C(=O)C2(O)O[C@@H](CC[C@H]2C)C[C@H](OC)/C(C)=C/C=C/C=C/[C@@H](C)C[C@@H](C)C1=O. The van der Waals surface area contributed by atoms with Crippen molar-refractivity contribution in [1.29, 1.82) is 0 Å². The van der Waals surface area contributed by atoms with E-state index >= 15 is 0 Å². The molecule has 68 heavy (non-hydrogen) atoms. The topological polar surface area (TPSA) is 201 Å². The fourth-order valence-corrected chi connectivity index (χ4v) is 10.4. The minimum atomic E-state index is -2.44. The fourth-order valence-electron chi connectivity index (χ4n) is 10.4. The molecule has 4 aliphatic rings. The molecular weight excluding hydrogens is 875 g/mol. The second kappa shape index (κ2) is 27.1. The average molecular weight is 956 g/mol. The van der Waals surface area contributed by atoms with Crippen molar-refractivity contribution in [3.8, 4) is 0 Å². The van der Waals surface area contributed by atoms with Gasteiger partial charge in [0.15, 0.2) is 17.7 Å². The second-order valence-electron chi connectivity index (χ2n) is 20.0. The molecule has 0 spiro atoms. The quantitative estimate of drug-likeness (QED) is 0.146. The van der Waals surface area contributed by atoms with Crippen LogP contribution in [0.4, 0.5) is 0 Å². The first-order chi connectivity index (χ1) is 32.3. The smallest absolute Gasteiger partial charge is 0.329 e. The highest BCUT2D eigenvalue weighted by Crippen LogP contribution is 2.38. The van der Waals surface area contributed by atoms with E-state index in [9.17, 15) is 39.0 Å². The number of piperidine rings is 1. The Labute approximate surface area is 404 Å². The van der Waals surface area contributed by atoms with Gasteiger partial charge in [-0.05, 0) is 107 Å². The summed E-state index contributed by atoms with van der Waals surface area (Å²) in [5.41, 5.74) is 1.06. The Bertz CT molecular complexity index is 1860. The van der Waals surface area contributed by atoms with Gasteiger partial charge in [-0.3, -0.25) is 24.0 Å². The van der Waals surface area contributed by atoms with Crippen molar-refractivity contribution in [2.45, 2.75) is 174 Å². The lowest BCUT2D eigenvalue weighted by Crippen LogP contribution is -2.61. The number of cyclic esters (lactones) is 1. The number of nitrogens with zero attached hydrogens (tertiary/aromatic N) is 1. The van der Waals surface area contributed by atoms with Gasteiger partial charge in [0.25, 0.3) is 11.7 Å². The van der Waals surface area contributed by atoms with Crippen LogP contribution in [0.3, 0.4) is 0 Å². The first-order valence-corrected chi connectivity index (χ1v) is 24.9. The largest absolute Gasteiger partial charge is 0.460 e. The zero-order chi connectivity index (χ0) is 50.3. The van der Waals surface area contributed by atoms with E-state index in [1.165, 1.54) is 18.1 Å². The van der Waals surface area contributed by atoms with Gasteiger partial charge in [-0.15, -0.1) is 0 Å². The van der Waals surface area contributed by atoms with Crippen LogP contribution < -0.4 is 0 Å². The maximum absolute atomic E-state index is 14.4. The number of methoxy groups -OCH3 is 3. The van der Waals surface area contributed by atoms with Gasteiger partial charge in [0.2, 0.25) is 5.79 Å². The summed E-state index contributed by atoms with van der Waals surface area (Å²) in [5, 5.41) is 21.3. The van der Waals surface area contributed by atoms with Crippen LogP contribution in [0.5, 0.6) is 0 Å². The van der Waals surface area contributed by atoms with Crippen LogP contribution in [0.2, 0.25) is 0 Å². The number of esters is 1. The van der Waals surface area contributed by atoms with Gasteiger partial charge in [-0.25, -0.2) is 4.79 Å². The van der Waals surface area contributed by atoms with E-state index in [2.05, 4.69) is 0 Å². The average Bonchev–Trinajstić information content (AvgIpc) is 3.32. The van der Waals surface area contributed by atoms with Crippen molar-refractivity contribution in [3.05, 3.63) is 47.6 Å². The standard InChI is InChI=1S/C53H81NO14/c1-32-16-12-11-13-17-33(2)44(63-8)30-40-21-19-38(7)53(62,68-40)50(59)51(60)54-23-15-14-18-41(54)52(61)67-45(35(4)28-39-20-22-43(66-25-24-55)46(29-39)64-9)31-42(56)34(3)27-37(6)48(58)49(65-10)47(57)36(5)26-32/h11-13,16-17,27,32,34-36,38-41,43-46,49,55,62H,14-15,18-26,28-31H2,1-10H3/b13-11+,16-12+,33-17+,37-27+/t32-,34-,35?,36-,38-,39-,40+,41+,43-,44+,45?,46-,49+,53?/m1/s1. The monoisotopic (exact) mass is 956 g/mol. The summed E-state index contributed by atoms with van der Waals surface area (Å²) >= 11 is 0.